The molecule has 3 saturated heterocycles. The molecule has 2 aromatic rings. The lowest BCUT2D eigenvalue weighted by atomic mass is 9.96. The van der Waals surface area contributed by atoms with Crippen molar-refractivity contribution in [3.8, 4) is 0 Å². The highest BCUT2D eigenvalue weighted by Gasteiger charge is 2.31. The lowest BCUT2D eigenvalue weighted by molar-refractivity contribution is -0.137. The highest BCUT2D eigenvalue weighted by atomic mass is 16.2. The fourth-order valence-corrected chi connectivity index (χ4v) is 5.24. The van der Waals surface area contributed by atoms with Crippen molar-refractivity contribution in [1.82, 2.24) is 25.3 Å². The van der Waals surface area contributed by atoms with Gasteiger partial charge in [0.15, 0.2) is 0 Å². The van der Waals surface area contributed by atoms with Crippen LogP contribution in [0.1, 0.15) is 37.4 Å². The van der Waals surface area contributed by atoms with Gasteiger partial charge in [-0.3, -0.25) is 24.5 Å². The van der Waals surface area contributed by atoms with E-state index in [1.54, 1.807) is 6.07 Å². The Morgan fingerprint density at radius 3 is 2.44 bits per heavy atom. The zero-order chi connectivity index (χ0) is 23.8. The third-order valence-electron chi connectivity index (χ3n) is 7.24. The van der Waals surface area contributed by atoms with Crippen LogP contribution in [0.25, 0.3) is 10.8 Å². The quantitative estimate of drug-likeness (QED) is 0.626. The fraction of sp³-hybridized carbons (Fsp3) is 0.542. The Hall–Kier alpha value is -3.27. The standard InChI is InChI=1S/C24H30N6O4/c1-15-19-14-17(28-10-12-29(13-11-28)23(33)16-6-8-25-9-7-16)2-3-18(19)24(34)30(27-15)20-4-5-21(31)26-22(20)32/h2-3,14,16,20,25H,4-13H2,1H3,(H,26,31,32). The molecule has 10 nitrogen and oxygen atoms in total. The van der Waals surface area contributed by atoms with Gasteiger partial charge in [-0.2, -0.15) is 5.10 Å². The zero-order valence-corrected chi connectivity index (χ0v) is 19.4. The van der Waals surface area contributed by atoms with E-state index in [0.29, 0.717) is 24.2 Å². The molecule has 3 aliphatic rings. The van der Waals surface area contributed by atoms with Crippen LogP contribution >= 0.6 is 0 Å². The Balaban J connectivity index is 1.33. The molecule has 1 aromatic carbocycles. The number of rotatable bonds is 3. The van der Waals surface area contributed by atoms with E-state index >= 15 is 0 Å². The van der Waals surface area contributed by atoms with Crippen molar-refractivity contribution in [3.63, 3.8) is 0 Å². The number of piperazine rings is 1. The number of hydrogen-bond donors (Lipinski definition) is 2. The molecule has 0 aliphatic carbocycles. The van der Waals surface area contributed by atoms with Crippen LogP contribution in [-0.4, -0.2) is 71.7 Å². The van der Waals surface area contributed by atoms with E-state index in [-0.39, 0.29) is 36.1 Å². The number of piperidine rings is 2. The highest BCUT2D eigenvalue weighted by Crippen LogP contribution is 2.25. The largest absolute Gasteiger partial charge is 0.368 e. The van der Waals surface area contributed by atoms with Crippen molar-refractivity contribution in [2.45, 2.75) is 38.6 Å². The Morgan fingerprint density at radius 1 is 1.00 bits per heavy atom. The molecule has 2 N–H and O–H groups in total. The van der Waals surface area contributed by atoms with Crippen LogP contribution in [0.3, 0.4) is 0 Å². The highest BCUT2D eigenvalue weighted by molar-refractivity contribution is 5.99. The van der Waals surface area contributed by atoms with Gasteiger partial charge in [0.25, 0.3) is 11.5 Å². The van der Waals surface area contributed by atoms with E-state index in [2.05, 4.69) is 20.6 Å². The summed E-state index contributed by atoms with van der Waals surface area (Å²) in [5, 5.41) is 11.3. The van der Waals surface area contributed by atoms with Crippen LogP contribution in [-0.2, 0) is 14.4 Å². The first-order valence-electron chi connectivity index (χ1n) is 12.0. The predicted molar refractivity (Wildman–Crippen MR) is 127 cm³/mol. The van der Waals surface area contributed by atoms with Gasteiger partial charge in [-0.1, -0.05) is 0 Å². The topological polar surface area (TPSA) is 117 Å². The molecule has 1 aromatic heterocycles. The molecule has 3 aliphatic heterocycles. The number of amides is 3. The molecule has 0 radical (unpaired) electrons. The Morgan fingerprint density at radius 2 is 1.74 bits per heavy atom. The predicted octanol–water partition coefficient (Wildman–Crippen LogP) is 0.331. The van der Waals surface area contributed by atoms with Gasteiger partial charge < -0.3 is 15.1 Å². The smallest absolute Gasteiger partial charge is 0.275 e. The number of aryl methyl sites for hydroxylation is 1. The summed E-state index contributed by atoms with van der Waals surface area (Å²) in [4.78, 5) is 53.9. The van der Waals surface area contributed by atoms with Crippen molar-refractivity contribution in [1.29, 1.82) is 0 Å². The summed E-state index contributed by atoms with van der Waals surface area (Å²) in [5.74, 6) is -0.408. The molecule has 180 valence electrons. The SMILES string of the molecule is Cc1nn(C2CCC(=O)NC2=O)c(=O)c2ccc(N3CCN(C(=O)C4CCNCC4)CC3)cc12. The first-order chi connectivity index (χ1) is 16.4. The van der Waals surface area contributed by atoms with Crippen molar-refractivity contribution in [2.75, 3.05) is 44.2 Å². The van der Waals surface area contributed by atoms with Gasteiger partial charge in [-0.15, -0.1) is 0 Å². The number of hydrogen-bond acceptors (Lipinski definition) is 7. The number of nitrogens with zero attached hydrogens (tertiary/aromatic N) is 4. The van der Waals surface area contributed by atoms with Crippen LogP contribution in [0.4, 0.5) is 5.69 Å². The number of carbonyl (C=O) groups excluding carboxylic acids is 3. The number of imide groups is 1. The molecule has 4 heterocycles. The molecule has 34 heavy (non-hydrogen) atoms. The number of aromatic nitrogens is 2. The molecule has 1 atom stereocenters. The minimum absolute atomic E-state index is 0.133. The Bertz CT molecular complexity index is 1190. The van der Waals surface area contributed by atoms with E-state index in [9.17, 15) is 19.2 Å². The van der Waals surface area contributed by atoms with Crippen molar-refractivity contribution in [2.24, 2.45) is 5.92 Å². The first-order valence-corrected chi connectivity index (χ1v) is 12.0. The van der Waals surface area contributed by atoms with Crippen LogP contribution < -0.4 is 21.1 Å². The Kier molecular flexibility index (Phi) is 6.07. The molecule has 0 bridgehead atoms. The number of anilines is 1. The number of fused-ring (bicyclic) bond motifs is 1. The van der Waals surface area contributed by atoms with Crippen molar-refractivity contribution >= 4 is 34.2 Å². The lowest BCUT2D eigenvalue weighted by Gasteiger charge is -2.38. The van der Waals surface area contributed by atoms with E-state index in [4.69, 9.17) is 0 Å². The normalized spacial score (nSPS) is 22.2. The average Bonchev–Trinajstić information content (AvgIpc) is 2.86. The summed E-state index contributed by atoms with van der Waals surface area (Å²) in [6, 6.07) is 4.90. The van der Waals surface area contributed by atoms with Gasteiger partial charge in [0.2, 0.25) is 11.8 Å². The molecule has 10 heteroatoms. The molecule has 5 rings (SSSR count). The summed E-state index contributed by atoms with van der Waals surface area (Å²) < 4.78 is 1.21. The van der Waals surface area contributed by atoms with Crippen molar-refractivity contribution in [3.05, 3.63) is 34.2 Å². The van der Waals surface area contributed by atoms with Gasteiger partial charge >= 0.3 is 0 Å². The summed E-state index contributed by atoms with van der Waals surface area (Å²) >= 11 is 0. The van der Waals surface area contributed by atoms with Gasteiger partial charge in [-0.05, 0) is 57.5 Å². The summed E-state index contributed by atoms with van der Waals surface area (Å²) in [6.07, 6.45) is 2.27. The second-order valence-corrected chi connectivity index (χ2v) is 9.37. The van der Waals surface area contributed by atoms with Crippen LogP contribution in [0.5, 0.6) is 0 Å². The Labute approximate surface area is 197 Å². The maximum atomic E-state index is 13.1. The van der Waals surface area contributed by atoms with Crippen LogP contribution in [0, 0.1) is 12.8 Å². The van der Waals surface area contributed by atoms with Gasteiger partial charge in [-0.25, -0.2) is 4.68 Å². The first kappa shape index (κ1) is 22.5. The molecule has 3 fully saturated rings. The minimum Gasteiger partial charge on any atom is -0.368 e. The molecular formula is C24H30N6O4. The van der Waals surface area contributed by atoms with E-state index in [1.807, 2.05) is 24.0 Å². The number of benzene rings is 1. The van der Waals surface area contributed by atoms with Gasteiger partial charge in [0, 0.05) is 49.6 Å². The lowest BCUT2D eigenvalue weighted by Crippen LogP contribution is -2.51. The molecule has 1 unspecified atom stereocenters. The third-order valence-corrected chi connectivity index (χ3v) is 7.24. The summed E-state index contributed by atoms with van der Waals surface area (Å²) in [6.45, 7) is 6.50. The van der Waals surface area contributed by atoms with Gasteiger partial charge in [0.05, 0.1) is 11.1 Å². The van der Waals surface area contributed by atoms with Crippen LogP contribution in [0.15, 0.2) is 23.0 Å². The molecule has 0 saturated carbocycles. The second kappa shape index (κ2) is 9.17. The molecular weight excluding hydrogens is 436 g/mol. The minimum atomic E-state index is -0.779. The fourth-order valence-electron chi connectivity index (χ4n) is 5.24. The van der Waals surface area contributed by atoms with Crippen LogP contribution in [0.2, 0.25) is 0 Å². The maximum Gasteiger partial charge on any atom is 0.275 e. The second-order valence-electron chi connectivity index (χ2n) is 9.37. The summed E-state index contributed by atoms with van der Waals surface area (Å²) in [5.41, 5.74) is 1.31. The van der Waals surface area contributed by atoms with Gasteiger partial charge in [0.1, 0.15) is 6.04 Å². The number of carbonyl (C=O) groups is 3. The summed E-state index contributed by atoms with van der Waals surface area (Å²) in [7, 11) is 0. The zero-order valence-electron chi connectivity index (χ0n) is 19.4. The number of nitrogens with one attached hydrogen (secondary N) is 2. The monoisotopic (exact) mass is 466 g/mol. The average molecular weight is 467 g/mol. The molecule has 3 amide bonds. The third kappa shape index (κ3) is 4.18. The van der Waals surface area contributed by atoms with E-state index in [1.165, 1.54) is 4.68 Å². The van der Waals surface area contributed by atoms with Crippen molar-refractivity contribution < 1.29 is 14.4 Å². The molecule has 0 spiro atoms. The van der Waals surface area contributed by atoms with E-state index in [0.717, 1.165) is 50.1 Å². The maximum absolute atomic E-state index is 13.1. The van der Waals surface area contributed by atoms with E-state index < -0.39 is 11.9 Å².